The number of hydrogen-bond donors (Lipinski definition) is 1. The molecule has 0 radical (unpaired) electrons. The minimum atomic E-state index is -0.779. The van der Waals surface area contributed by atoms with Gasteiger partial charge in [0, 0.05) is 6.08 Å². The van der Waals surface area contributed by atoms with E-state index in [4.69, 9.17) is 0 Å². The van der Waals surface area contributed by atoms with Gasteiger partial charge < -0.3 is 4.74 Å². The van der Waals surface area contributed by atoms with Gasteiger partial charge in [-0.05, 0) is 23.9 Å². The number of ether oxygens (including phenoxy) is 1. The van der Waals surface area contributed by atoms with Crippen molar-refractivity contribution >= 4 is 35.0 Å². The predicted octanol–water partition coefficient (Wildman–Crippen LogP) is 1.57. The number of esters is 1. The number of carbonyl (C=O) groups is 2. The van der Waals surface area contributed by atoms with Crippen molar-refractivity contribution in [2.24, 2.45) is 10.2 Å². The second kappa shape index (κ2) is 6.94. The summed E-state index contributed by atoms with van der Waals surface area (Å²) in [5, 5.41) is 9.57. The normalized spacial score (nSPS) is 18.2. The van der Waals surface area contributed by atoms with Crippen LogP contribution in [0.1, 0.15) is 5.56 Å². The first-order valence-electron chi connectivity index (χ1n) is 5.85. The molecule has 1 fully saturated rings. The third kappa shape index (κ3) is 3.76. The molecule has 6 nitrogen and oxygen atoms in total. The molecule has 1 aliphatic heterocycles. The summed E-state index contributed by atoms with van der Waals surface area (Å²) >= 11 is 0.854. The van der Waals surface area contributed by atoms with Crippen LogP contribution in [0.3, 0.4) is 0 Å². The number of thioether (sulfide) groups is 1. The average molecular weight is 325 g/mol. The van der Waals surface area contributed by atoms with Gasteiger partial charge in [0.15, 0.2) is 5.17 Å². The van der Waals surface area contributed by atoms with Gasteiger partial charge >= 0.3 is 5.97 Å². The van der Waals surface area contributed by atoms with E-state index < -0.39 is 23.5 Å². The van der Waals surface area contributed by atoms with Gasteiger partial charge in [0.2, 0.25) is 0 Å². The van der Waals surface area contributed by atoms with Crippen LogP contribution in [0.5, 0.6) is 0 Å². The summed E-state index contributed by atoms with van der Waals surface area (Å²) in [4.78, 5) is 22.6. The lowest BCUT2D eigenvalue weighted by atomic mass is 10.2. The molecule has 0 unspecified atom stereocenters. The zero-order valence-corrected chi connectivity index (χ0v) is 12.0. The largest absolute Gasteiger partial charge is 0.466 e. The van der Waals surface area contributed by atoms with Crippen LogP contribution in [0, 0.1) is 11.6 Å². The zero-order chi connectivity index (χ0) is 16.1. The van der Waals surface area contributed by atoms with Gasteiger partial charge in [0.05, 0.1) is 23.8 Å². The van der Waals surface area contributed by atoms with Gasteiger partial charge in [0.25, 0.3) is 5.91 Å². The Labute approximate surface area is 127 Å². The SMILES string of the molecule is COC(=O)/C=C1/S/C(=N\N=Cc2c(F)cccc2F)NC1=O. The first-order chi connectivity index (χ1) is 10.5. The van der Waals surface area contributed by atoms with Crippen molar-refractivity contribution in [3.63, 3.8) is 0 Å². The van der Waals surface area contributed by atoms with Crippen molar-refractivity contribution in [2.75, 3.05) is 7.11 Å². The molecule has 1 aliphatic rings. The Bertz CT molecular complexity index is 696. The number of nitrogens with zero attached hydrogens (tertiary/aromatic N) is 2. The molecule has 0 spiro atoms. The summed E-state index contributed by atoms with van der Waals surface area (Å²) in [5.41, 5.74) is -0.341. The third-order valence-electron chi connectivity index (χ3n) is 2.44. The number of methoxy groups -OCH3 is 1. The van der Waals surface area contributed by atoms with Crippen molar-refractivity contribution in [1.29, 1.82) is 0 Å². The summed E-state index contributed by atoms with van der Waals surface area (Å²) in [6.07, 6.45) is 1.90. The number of rotatable bonds is 3. The van der Waals surface area contributed by atoms with Crippen LogP contribution in [-0.4, -0.2) is 30.4 Å². The fourth-order valence-electron chi connectivity index (χ4n) is 1.41. The van der Waals surface area contributed by atoms with Crippen LogP contribution in [-0.2, 0) is 14.3 Å². The Morgan fingerprint density at radius 3 is 2.68 bits per heavy atom. The molecule has 114 valence electrons. The highest BCUT2D eigenvalue weighted by atomic mass is 32.2. The molecule has 0 saturated carbocycles. The summed E-state index contributed by atoms with van der Waals surface area (Å²) in [7, 11) is 1.18. The molecule has 1 aromatic rings. The van der Waals surface area contributed by atoms with Crippen LogP contribution in [0.4, 0.5) is 8.78 Å². The van der Waals surface area contributed by atoms with E-state index in [0.29, 0.717) is 0 Å². The van der Waals surface area contributed by atoms with Crippen molar-refractivity contribution in [3.05, 3.63) is 46.4 Å². The fourth-order valence-corrected chi connectivity index (χ4v) is 2.15. The smallest absolute Gasteiger partial charge is 0.331 e. The Balaban J connectivity index is 2.12. The number of hydrogen-bond acceptors (Lipinski definition) is 6. The Morgan fingerprint density at radius 2 is 2.05 bits per heavy atom. The van der Waals surface area contributed by atoms with Crippen LogP contribution in [0.15, 0.2) is 39.4 Å². The van der Waals surface area contributed by atoms with Crippen molar-refractivity contribution < 1.29 is 23.1 Å². The minimum Gasteiger partial charge on any atom is -0.466 e. The van der Waals surface area contributed by atoms with Gasteiger partial charge in [-0.25, -0.2) is 13.6 Å². The van der Waals surface area contributed by atoms with E-state index >= 15 is 0 Å². The summed E-state index contributed by atoms with van der Waals surface area (Å²) in [5.74, 6) is -2.78. The van der Waals surface area contributed by atoms with Gasteiger partial charge in [-0.2, -0.15) is 5.10 Å². The molecular formula is C13H9F2N3O3S. The highest BCUT2D eigenvalue weighted by Crippen LogP contribution is 2.23. The van der Waals surface area contributed by atoms with Crippen molar-refractivity contribution in [2.45, 2.75) is 0 Å². The molecule has 0 bridgehead atoms. The lowest BCUT2D eigenvalue weighted by molar-refractivity contribution is -0.135. The Hall–Kier alpha value is -2.55. The molecule has 1 aromatic carbocycles. The van der Waals surface area contributed by atoms with Gasteiger partial charge in [0.1, 0.15) is 11.6 Å². The zero-order valence-electron chi connectivity index (χ0n) is 11.2. The Morgan fingerprint density at radius 1 is 1.36 bits per heavy atom. The van der Waals surface area contributed by atoms with E-state index in [2.05, 4.69) is 20.3 Å². The maximum Gasteiger partial charge on any atom is 0.331 e. The predicted molar refractivity (Wildman–Crippen MR) is 77.2 cm³/mol. The maximum absolute atomic E-state index is 13.3. The molecule has 1 saturated heterocycles. The monoisotopic (exact) mass is 325 g/mol. The molecule has 0 aromatic heterocycles. The molecule has 9 heteroatoms. The highest BCUT2D eigenvalue weighted by molar-refractivity contribution is 8.18. The third-order valence-corrected chi connectivity index (χ3v) is 3.34. The van der Waals surface area contributed by atoms with Crippen LogP contribution in [0.25, 0.3) is 0 Å². The minimum absolute atomic E-state index is 0.0770. The number of carbonyl (C=O) groups excluding carboxylic acids is 2. The van der Waals surface area contributed by atoms with Crippen molar-refractivity contribution in [1.82, 2.24) is 5.32 Å². The van der Waals surface area contributed by atoms with Gasteiger partial charge in [-0.3, -0.25) is 10.1 Å². The van der Waals surface area contributed by atoms with E-state index in [1.807, 2.05) is 0 Å². The summed E-state index contributed by atoms with van der Waals surface area (Å²) in [6.45, 7) is 0. The van der Waals surface area contributed by atoms with Crippen molar-refractivity contribution in [3.8, 4) is 0 Å². The van der Waals surface area contributed by atoms with E-state index in [1.165, 1.54) is 13.2 Å². The average Bonchev–Trinajstić information content (AvgIpc) is 2.82. The molecule has 1 N–H and O–H groups in total. The van der Waals surface area contributed by atoms with Gasteiger partial charge in [-0.1, -0.05) is 6.07 Å². The van der Waals surface area contributed by atoms with E-state index in [1.54, 1.807) is 0 Å². The molecule has 2 rings (SSSR count). The van der Waals surface area contributed by atoms with Gasteiger partial charge in [-0.15, -0.1) is 5.10 Å². The van der Waals surface area contributed by atoms with Crippen LogP contribution >= 0.6 is 11.8 Å². The van der Waals surface area contributed by atoms with Crippen LogP contribution in [0.2, 0.25) is 0 Å². The lowest BCUT2D eigenvalue weighted by Gasteiger charge is -1.96. The Kier molecular flexibility index (Phi) is 4.99. The lowest BCUT2D eigenvalue weighted by Crippen LogP contribution is -2.19. The number of benzene rings is 1. The summed E-state index contributed by atoms with van der Waals surface area (Å²) in [6, 6.07) is 3.40. The first kappa shape index (κ1) is 15.8. The molecule has 22 heavy (non-hydrogen) atoms. The summed E-state index contributed by atoms with van der Waals surface area (Å²) < 4.78 is 31.1. The van der Waals surface area contributed by atoms with Crippen LogP contribution < -0.4 is 5.32 Å². The topological polar surface area (TPSA) is 80.1 Å². The molecule has 1 heterocycles. The van der Waals surface area contributed by atoms with E-state index in [0.717, 1.165) is 36.2 Å². The molecule has 0 atom stereocenters. The standard InChI is InChI=1S/C13H9F2N3O3S/c1-21-11(19)5-10-12(20)17-13(22-10)18-16-6-7-8(14)3-2-4-9(7)15/h2-6H,1H3,(H,17,18,20)/b10-5+,16-6?. The second-order valence-corrected chi connectivity index (χ2v) is 4.90. The first-order valence-corrected chi connectivity index (χ1v) is 6.67. The fraction of sp³-hybridized carbons (Fsp3) is 0.0769. The number of amidine groups is 1. The number of halogens is 2. The second-order valence-electron chi connectivity index (χ2n) is 3.87. The molecule has 1 amide bonds. The number of nitrogens with one attached hydrogen (secondary N) is 1. The molecular weight excluding hydrogens is 316 g/mol. The van der Waals surface area contributed by atoms with E-state index in [-0.39, 0.29) is 15.6 Å². The molecule has 0 aliphatic carbocycles. The maximum atomic E-state index is 13.3. The number of amides is 1. The highest BCUT2D eigenvalue weighted by Gasteiger charge is 2.25. The van der Waals surface area contributed by atoms with E-state index in [9.17, 15) is 18.4 Å². The quantitative estimate of drug-likeness (QED) is 0.396.